The molecule has 7 nitrogen and oxygen atoms in total. The van der Waals surface area contributed by atoms with Crippen LogP contribution >= 0.6 is 0 Å². The van der Waals surface area contributed by atoms with Crippen LogP contribution < -0.4 is 11.1 Å². The van der Waals surface area contributed by atoms with Gasteiger partial charge in [-0.2, -0.15) is 0 Å². The minimum atomic E-state index is -1.23. The number of hydrogen-bond donors (Lipinski definition) is 2. The van der Waals surface area contributed by atoms with E-state index < -0.39 is 34.7 Å². The molecule has 0 spiro atoms. The van der Waals surface area contributed by atoms with Crippen LogP contribution in [0.2, 0.25) is 0 Å². The number of ether oxygens (including phenoxy) is 2. The maximum Gasteiger partial charge on any atom is 0.408 e. The molecule has 22 heavy (non-hydrogen) atoms. The molecule has 0 unspecified atom stereocenters. The zero-order chi connectivity index (χ0) is 17.3. The molecule has 1 aliphatic carbocycles. The highest BCUT2D eigenvalue weighted by Crippen LogP contribution is 2.47. The summed E-state index contributed by atoms with van der Waals surface area (Å²) in [6, 6.07) is 0. The van der Waals surface area contributed by atoms with Crippen molar-refractivity contribution in [2.45, 2.75) is 71.1 Å². The van der Waals surface area contributed by atoms with Gasteiger partial charge in [0.05, 0.1) is 0 Å². The van der Waals surface area contributed by atoms with Crippen molar-refractivity contribution >= 4 is 18.0 Å². The summed E-state index contributed by atoms with van der Waals surface area (Å²) in [4.78, 5) is 35.4. The average Bonchev–Trinajstić information content (AvgIpc) is 2.85. The molecule has 2 atom stereocenters. The lowest BCUT2D eigenvalue weighted by molar-refractivity contribution is -0.159. The van der Waals surface area contributed by atoms with Gasteiger partial charge in [0.25, 0.3) is 0 Å². The topological polar surface area (TPSA) is 108 Å². The van der Waals surface area contributed by atoms with Gasteiger partial charge in [-0.3, -0.25) is 4.79 Å². The van der Waals surface area contributed by atoms with E-state index in [-0.39, 0.29) is 12.3 Å². The number of primary amides is 1. The molecular formula is C15H26N2O5. The molecule has 0 aromatic heterocycles. The smallest absolute Gasteiger partial charge is 0.408 e. The summed E-state index contributed by atoms with van der Waals surface area (Å²) in [5.74, 6) is -1.47. The molecule has 0 radical (unpaired) electrons. The van der Waals surface area contributed by atoms with Crippen molar-refractivity contribution in [1.29, 1.82) is 0 Å². The van der Waals surface area contributed by atoms with Crippen molar-refractivity contribution in [1.82, 2.24) is 5.32 Å². The summed E-state index contributed by atoms with van der Waals surface area (Å²) < 4.78 is 10.5. The van der Waals surface area contributed by atoms with Gasteiger partial charge in [-0.1, -0.05) is 0 Å². The predicted octanol–water partition coefficient (Wildman–Crippen LogP) is 1.49. The third-order valence-electron chi connectivity index (χ3n) is 3.04. The maximum absolute atomic E-state index is 12.4. The van der Waals surface area contributed by atoms with Crippen molar-refractivity contribution in [3.63, 3.8) is 0 Å². The number of nitrogens with two attached hydrogens (primary N) is 1. The molecule has 7 heteroatoms. The van der Waals surface area contributed by atoms with Crippen LogP contribution in [-0.2, 0) is 19.1 Å². The Balaban J connectivity index is 2.84. The average molecular weight is 314 g/mol. The van der Waals surface area contributed by atoms with Gasteiger partial charge in [0, 0.05) is 12.3 Å². The summed E-state index contributed by atoms with van der Waals surface area (Å²) in [5, 5.41) is 2.56. The summed E-state index contributed by atoms with van der Waals surface area (Å²) in [6.45, 7) is 10.4. The Bertz CT molecular complexity index is 475. The number of carbonyl (C=O) groups is 3. The van der Waals surface area contributed by atoms with E-state index in [0.29, 0.717) is 6.42 Å². The highest BCUT2D eigenvalue weighted by Gasteiger charge is 2.63. The minimum Gasteiger partial charge on any atom is -0.458 e. The van der Waals surface area contributed by atoms with Crippen LogP contribution in [0.5, 0.6) is 0 Å². The van der Waals surface area contributed by atoms with Crippen molar-refractivity contribution in [3.05, 3.63) is 0 Å². The van der Waals surface area contributed by atoms with E-state index in [2.05, 4.69) is 5.32 Å². The van der Waals surface area contributed by atoms with Crippen molar-refractivity contribution in [2.24, 2.45) is 11.7 Å². The first-order chi connectivity index (χ1) is 9.75. The Kier molecular flexibility index (Phi) is 4.79. The van der Waals surface area contributed by atoms with Crippen LogP contribution in [0.3, 0.4) is 0 Å². The van der Waals surface area contributed by atoms with Gasteiger partial charge in [-0.25, -0.2) is 9.59 Å². The minimum absolute atomic E-state index is 0.00897. The number of hydrogen-bond acceptors (Lipinski definition) is 5. The normalized spacial score (nSPS) is 24.4. The van der Waals surface area contributed by atoms with E-state index in [1.165, 1.54) is 0 Å². The highest BCUT2D eigenvalue weighted by molar-refractivity contribution is 5.91. The van der Waals surface area contributed by atoms with Crippen LogP contribution in [0.4, 0.5) is 4.79 Å². The van der Waals surface area contributed by atoms with Gasteiger partial charge in [0.1, 0.15) is 16.7 Å². The highest BCUT2D eigenvalue weighted by atomic mass is 16.6. The van der Waals surface area contributed by atoms with E-state index in [1.54, 1.807) is 41.5 Å². The fraction of sp³-hybridized carbons (Fsp3) is 0.800. The fourth-order valence-corrected chi connectivity index (χ4v) is 2.13. The molecule has 1 saturated carbocycles. The molecule has 1 fully saturated rings. The standard InChI is InChI=1S/C15H26N2O5/c1-13(2,3)21-11(19)15(8-9(15)7-10(16)18)17-12(20)22-14(4,5)6/h9H,7-8H2,1-6H3,(H2,16,18)(H,17,20)/t9-,15+/m1/s1. The molecule has 126 valence electrons. The number of rotatable bonds is 4. The van der Waals surface area contributed by atoms with Crippen LogP contribution in [0.15, 0.2) is 0 Å². The molecule has 0 aliphatic heterocycles. The molecule has 2 amide bonds. The first-order valence-electron chi connectivity index (χ1n) is 7.28. The number of amides is 2. The van der Waals surface area contributed by atoms with E-state index in [1.807, 2.05) is 0 Å². The lowest BCUT2D eigenvalue weighted by atomic mass is 10.1. The molecule has 0 bridgehead atoms. The Morgan fingerprint density at radius 2 is 1.59 bits per heavy atom. The summed E-state index contributed by atoms with van der Waals surface area (Å²) in [7, 11) is 0. The van der Waals surface area contributed by atoms with Gasteiger partial charge in [0.2, 0.25) is 5.91 Å². The number of esters is 1. The Labute approximate surface area is 130 Å². The molecule has 1 rings (SSSR count). The first kappa shape index (κ1) is 18.3. The van der Waals surface area contributed by atoms with Crippen molar-refractivity contribution < 1.29 is 23.9 Å². The van der Waals surface area contributed by atoms with Crippen LogP contribution in [0.1, 0.15) is 54.4 Å². The first-order valence-corrected chi connectivity index (χ1v) is 7.28. The largest absolute Gasteiger partial charge is 0.458 e. The molecule has 0 aromatic rings. The second kappa shape index (κ2) is 5.78. The number of nitrogens with one attached hydrogen (secondary N) is 1. The van der Waals surface area contributed by atoms with E-state index in [4.69, 9.17) is 15.2 Å². The number of alkyl carbamates (subject to hydrolysis) is 1. The van der Waals surface area contributed by atoms with Gasteiger partial charge in [0.15, 0.2) is 0 Å². The van der Waals surface area contributed by atoms with Gasteiger partial charge in [-0.05, 0) is 48.0 Å². The molecule has 0 heterocycles. The Morgan fingerprint density at radius 1 is 1.09 bits per heavy atom. The van der Waals surface area contributed by atoms with Crippen LogP contribution in [-0.4, -0.2) is 34.7 Å². The van der Waals surface area contributed by atoms with Crippen molar-refractivity contribution in [3.8, 4) is 0 Å². The molecular weight excluding hydrogens is 288 g/mol. The number of carbonyl (C=O) groups excluding carboxylic acids is 3. The van der Waals surface area contributed by atoms with Gasteiger partial charge >= 0.3 is 12.1 Å². The van der Waals surface area contributed by atoms with E-state index in [0.717, 1.165) is 0 Å². The Hall–Kier alpha value is -1.79. The van der Waals surface area contributed by atoms with Crippen LogP contribution in [0.25, 0.3) is 0 Å². The Morgan fingerprint density at radius 3 is 2.00 bits per heavy atom. The quantitative estimate of drug-likeness (QED) is 0.764. The summed E-state index contributed by atoms with van der Waals surface area (Å²) in [6.07, 6.45) is -0.399. The predicted molar refractivity (Wildman–Crippen MR) is 79.9 cm³/mol. The molecule has 1 aliphatic rings. The molecule has 0 aromatic carbocycles. The van der Waals surface area contributed by atoms with E-state index >= 15 is 0 Å². The van der Waals surface area contributed by atoms with Gasteiger partial charge in [-0.15, -0.1) is 0 Å². The maximum atomic E-state index is 12.4. The molecule has 3 N–H and O–H groups in total. The monoisotopic (exact) mass is 314 g/mol. The van der Waals surface area contributed by atoms with Gasteiger partial charge < -0.3 is 20.5 Å². The van der Waals surface area contributed by atoms with E-state index in [9.17, 15) is 14.4 Å². The zero-order valence-corrected chi connectivity index (χ0v) is 14.1. The van der Waals surface area contributed by atoms with Crippen LogP contribution in [0, 0.1) is 5.92 Å². The zero-order valence-electron chi connectivity index (χ0n) is 14.1. The lowest BCUT2D eigenvalue weighted by Gasteiger charge is -2.27. The second-order valence-corrected chi connectivity index (χ2v) is 7.67. The summed E-state index contributed by atoms with van der Waals surface area (Å²) in [5.41, 5.74) is 2.57. The lowest BCUT2D eigenvalue weighted by Crippen LogP contribution is -2.49. The second-order valence-electron chi connectivity index (χ2n) is 7.67. The fourth-order valence-electron chi connectivity index (χ4n) is 2.13. The summed E-state index contributed by atoms with van der Waals surface area (Å²) >= 11 is 0. The molecule has 0 saturated heterocycles. The third kappa shape index (κ3) is 5.20. The third-order valence-corrected chi connectivity index (χ3v) is 3.04. The van der Waals surface area contributed by atoms with Crippen molar-refractivity contribution in [2.75, 3.05) is 0 Å². The SMILES string of the molecule is CC(C)(C)OC(=O)N[C@@]1(C(=O)OC(C)(C)C)C[C@H]1CC(N)=O.